The summed E-state index contributed by atoms with van der Waals surface area (Å²) in [5, 5.41) is 0.112. The summed E-state index contributed by atoms with van der Waals surface area (Å²) in [6, 6.07) is 8.38. The molecule has 0 saturated carbocycles. The summed E-state index contributed by atoms with van der Waals surface area (Å²) < 4.78 is 13.3. The predicted octanol–water partition coefficient (Wildman–Crippen LogP) is 3.18. The summed E-state index contributed by atoms with van der Waals surface area (Å²) in [6.45, 7) is 1.87. The van der Waals surface area contributed by atoms with E-state index in [1.54, 1.807) is 24.5 Å². The van der Waals surface area contributed by atoms with Gasteiger partial charge >= 0.3 is 0 Å². The lowest BCUT2D eigenvalue weighted by molar-refractivity contribution is 0.242. The first-order valence-corrected chi connectivity index (χ1v) is 8.67. The number of H-pyrrole nitrogens is 1. The molecule has 5 nitrogen and oxygen atoms in total. The molecule has 1 aromatic carbocycles. The van der Waals surface area contributed by atoms with Crippen LogP contribution in [0.2, 0.25) is 5.02 Å². The number of hydrogen-bond acceptors (Lipinski definition) is 4. The molecule has 0 bridgehead atoms. The van der Waals surface area contributed by atoms with Crippen LogP contribution in [0.5, 0.6) is 0 Å². The Morgan fingerprint density at radius 3 is 2.96 bits per heavy atom. The van der Waals surface area contributed by atoms with Gasteiger partial charge in [0, 0.05) is 44.0 Å². The van der Waals surface area contributed by atoms with Gasteiger partial charge in [-0.15, -0.1) is 0 Å². The van der Waals surface area contributed by atoms with Crippen molar-refractivity contribution in [3.05, 3.63) is 80.7 Å². The Labute approximate surface area is 154 Å². The van der Waals surface area contributed by atoms with Gasteiger partial charge in [-0.25, -0.2) is 9.37 Å². The molecule has 4 rings (SSSR count). The number of aromatic nitrogens is 3. The number of nitrogens with one attached hydrogen (secondary N) is 1. The van der Waals surface area contributed by atoms with Gasteiger partial charge in [-0.2, -0.15) is 0 Å². The van der Waals surface area contributed by atoms with Crippen molar-refractivity contribution in [1.29, 1.82) is 0 Å². The van der Waals surface area contributed by atoms with E-state index in [4.69, 9.17) is 11.6 Å². The van der Waals surface area contributed by atoms with Gasteiger partial charge in [0.15, 0.2) is 0 Å². The van der Waals surface area contributed by atoms with Crippen LogP contribution in [0.4, 0.5) is 4.39 Å². The lowest BCUT2D eigenvalue weighted by atomic mass is 10.1. The molecular formula is C19H16ClFN4O. The Bertz CT molecular complexity index is 1010. The van der Waals surface area contributed by atoms with Crippen molar-refractivity contribution in [2.45, 2.75) is 19.5 Å². The molecule has 0 atom stereocenters. The molecule has 0 unspecified atom stereocenters. The number of pyridine rings is 1. The molecule has 0 saturated heterocycles. The summed E-state index contributed by atoms with van der Waals surface area (Å²) in [4.78, 5) is 26.2. The van der Waals surface area contributed by atoms with Crippen LogP contribution in [0, 0.1) is 5.82 Å². The third kappa shape index (κ3) is 3.38. The Balaban J connectivity index is 1.57. The van der Waals surface area contributed by atoms with Gasteiger partial charge in [0.1, 0.15) is 11.6 Å². The zero-order valence-electron chi connectivity index (χ0n) is 13.9. The van der Waals surface area contributed by atoms with Crippen LogP contribution in [0.25, 0.3) is 11.4 Å². The maximum Gasteiger partial charge on any atom is 0.255 e. The van der Waals surface area contributed by atoms with Crippen molar-refractivity contribution in [1.82, 2.24) is 19.9 Å². The van der Waals surface area contributed by atoms with Crippen LogP contribution >= 0.6 is 11.6 Å². The van der Waals surface area contributed by atoms with Crippen LogP contribution < -0.4 is 5.56 Å². The van der Waals surface area contributed by atoms with E-state index in [0.717, 1.165) is 23.4 Å². The molecule has 1 aliphatic rings. The quantitative estimate of drug-likeness (QED) is 0.769. The molecule has 0 amide bonds. The Morgan fingerprint density at radius 1 is 1.31 bits per heavy atom. The highest BCUT2D eigenvalue weighted by Gasteiger charge is 2.21. The van der Waals surface area contributed by atoms with Crippen molar-refractivity contribution in [3.8, 4) is 11.4 Å². The molecule has 1 aliphatic heterocycles. The van der Waals surface area contributed by atoms with E-state index in [1.165, 1.54) is 6.07 Å². The second-order valence-electron chi connectivity index (χ2n) is 6.29. The molecule has 0 aliphatic carbocycles. The fourth-order valence-corrected chi connectivity index (χ4v) is 3.35. The summed E-state index contributed by atoms with van der Waals surface area (Å²) in [7, 11) is 0. The van der Waals surface area contributed by atoms with E-state index >= 15 is 0 Å². The van der Waals surface area contributed by atoms with Crippen molar-refractivity contribution >= 4 is 11.6 Å². The van der Waals surface area contributed by atoms with Gasteiger partial charge in [0.05, 0.1) is 16.3 Å². The minimum absolute atomic E-state index is 0.112. The highest BCUT2D eigenvalue weighted by molar-refractivity contribution is 6.30. The van der Waals surface area contributed by atoms with Crippen LogP contribution in [-0.2, 0) is 19.5 Å². The number of halogens is 2. The molecule has 132 valence electrons. The molecule has 3 aromatic rings. The molecule has 1 N–H and O–H groups in total. The SMILES string of the molecule is O=c1[nH]c(-c2cccnc2)nc2c1CN(Cc1ccc(F)c(Cl)c1)CC2. The maximum atomic E-state index is 13.3. The van der Waals surface area contributed by atoms with Crippen LogP contribution in [0.3, 0.4) is 0 Å². The minimum Gasteiger partial charge on any atom is -0.306 e. The predicted molar refractivity (Wildman–Crippen MR) is 97.3 cm³/mol. The molecule has 0 radical (unpaired) electrons. The first-order valence-electron chi connectivity index (χ1n) is 8.29. The fourth-order valence-electron chi connectivity index (χ4n) is 3.15. The third-order valence-corrected chi connectivity index (χ3v) is 4.76. The monoisotopic (exact) mass is 370 g/mol. The second-order valence-corrected chi connectivity index (χ2v) is 6.70. The van der Waals surface area contributed by atoms with E-state index < -0.39 is 5.82 Å². The van der Waals surface area contributed by atoms with Crippen LogP contribution in [0.1, 0.15) is 16.8 Å². The topological polar surface area (TPSA) is 61.9 Å². The summed E-state index contributed by atoms with van der Waals surface area (Å²) in [5.41, 5.74) is 3.07. The number of aromatic amines is 1. The molecule has 26 heavy (non-hydrogen) atoms. The van der Waals surface area contributed by atoms with Gasteiger partial charge in [0.2, 0.25) is 0 Å². The zero-order valence-corrected chi connectivity index (χ0v) is 14.6. The lowest BCUT2D eigenvalue weighted by Gasteiger charge is -2.27. The summed E-state index contributed by atoms with van der Waals surface area (Å²) in [5.74, 6) is 0.114. The van der Waals surface area contributed by atoms with Crippen molar-refractivity contribution in [2.24, 2.45) is 0 Å². The van der Waals surface area contributed by atoms with Crippen molar-refractivity contribution < 1.29 is 4.39 Å². The highest BCUT2D eigenvalue weighted by atomic mass is 35.5. The number of fused-ring (bicyclic) bond motifs is 1. The Kier molecular flexibility index (Phi) is 4.53. The zero-order chi connectivity index (χ0) is 18.1. The Morgan fingerprint density at radius 2 is 2.19 bits per heavy atom. The lowest BCUT2D eigenvalue weighted by Crippen LogP contribution is -2.35. The molecular weight excluding hydrogens is 355 g/mol. The van der Waals surface area contributed by atoms with Gasteiger partial charge in [0.25, 0.3) is 5.56 Å². The van der Waals surface area contributed by atoms with Crippen molar-refractivity contribution in [3.63, 3.8) is 0 Å². The maximum absolute atomic E-state index is 13.3. The number of hydrogen-bond donors (Lipinski definition) is 1. The number of rotatable bonds is 3. The third-order valence-electron chi connectivity index (χ3n) is 4.47. The summed E-state index contributed by atoms with van der Waals surface area (Å²) >= 11 is 5.85. The summed E-state index contributed by atoms with van der Waals surface area (Å²) in [6.07, 6.45) is 4.04. The van der Waals surface area contributed by atoms with E-state index in [1.807, 2.05) is 12.1 Å². The molecule has 0 spiro atoms. The number of benzene rings is 1. The van der Waals surface area contributed by atoms with Crippen LogP contribution in [-0.4, -0.2) is 26.4 Å². The standard InChI is InChI=1S/C19H16ClFN4O/c20-15-8-12(3-4-16(15)21)10-25-7-5-17-14(11-25)19(26)24-18(23-17)13-2-1-6-22-9-13/h1-4,6,8-9H,5,7,10-11H2,(H,23,24,26). The van der Waals surface area contributed by atoms with Gasteiger partial charge in [-0.05, 0) is 29.8 Å². The van der Waals surface area contributed by atoms with Crippen molar-refractivity contribution in [2.75, 3.05) is 6.54 Å². The smallest absolute Gasteiger partial charge is 0.255 e. The molecule has 2 aromatic heterocycles. The minimum atomic E-state index is -0.428. The van der Waals surface area contributed by atoms with E-state index in [-0.39, 0.29) is 10.6 Å². The van der Waals surface area contributed by atoms with Gasteiger partial charge < -0.3 is 4.98 Å². The average molecular weight is 371 g/mol. The van der Waals surface area contributed by atoms with Gasteiger partial charge in [-0.3, -0.25) is 14.7 Å². The number of nitrogens with zero attached hydrogens (tertiary/aromatic N) is 3. The van der Waals surface area contributed by atoms with Gasteiger partial charge in [-0.1, -0.05) is 17.7 Å². The van der Waals surface area contributed by atoms with E-state index in [2.05, 4.69) is 19.9 Å². The average Bonchev–Trinajstić information content (AvgIpc) is 2.66. The highest BCUT2D eigenvalue weighted by Crippen LogP contribution is 2.21. The Hall–Kier alpha value is -2.57. The van der Waals surface area contributed by atoms with E-state index in [0.29, 0.717) is 30.9 Å². The first-order chi connectivity index (χ1) is 12.6. The first kappa shape index (κ1) is 16.9. The molecule has 3 heterocycles. The molecule has 7 heteroatoms. The molecule has 0 fully saturated rings. The normalized spacial score (nSPS) is 14.2. The fraction of sp³-hybridized carbons (Fsp3) is 0.211. The van der Waals surface area contributed by atoms with E-state index in [9.17, 15) is 9.18 Å². The van der Waals surface area contributed by atoms with Crippen LogP contribution in [0.15, 0.2) is 47.5 Å². The largest absolute Gasteiger partial charge is 0.306 e. The second kappa shape index (κ2) is 6.97.